The van der Waals surface area contributed by atoms with Gasteiger partial charge in [0.1, 0.15) is 11.0 Å². The minimum atomic E-state index is -3.09. The van der Waals surface area contributed by atoms with Crippen molar-refractivity contribution in [3.05, 3.63) is 17.8 Å². The first-order valence-corrected chi connectivity index (χ1v) is 7.15. The molecule has 2 unspecified atom stereocenters. The summed E-state index contributed by atoms with van der Waals surface area (Å²) in [6.07, 6.45) is 3.75. The van der Waals surface area contributed by atoms with Gasteiger partial charge in [0.05, 0.1) is 18.0 Å². The fourth-order valence-electron chi connectivity index (χ4n) is 1.89. The van der Waals surface area contributed by atoms with Gasteiger partial charge >= 0.3 is 0 Å². The molecule has 1 aliphatic rings. The van der Waals surface area contributed by atoms with Gasteiger partial charge in [-0.05, 0) is 19.8 Å². The van der Waals surface area contributed by atoms with E-state index >= 15 is 0 Å². The van der Waals surface area contributed by atoms with Crippen molar-refractivity contribution in [2.24, 2.45) is 5.73 Å². The Kier molecular flexibility index (Phi) is 3.03. The minimum Gasteiger partial charge on any atom is -0.443 e. The van der Waals surface area contributed by atoms with Crippen LogP contribution in [-0.2, 0) is 9.84 Å². The van der Waals surface area contributed by atoms with Crippen LogP contribution in [0.4, 0.5) is 0 Å². The third-order valence-corrected chi connectivity index (χ3v) is 5.01. The molecule has 1 aromatic heterocycles. The molecule has 0 saturated carbocycles. The van der Waals surface area contributed by atoms with E-state index in [4.69, 9.17) is 10.2 Å². The van der Waals surface area contributed by atoms with E-state index in [0.717, 1.165) is 12.8 Å². The molecule has 1 aliphatic heterocycles. The molecular formula is C10H16N2O3S. The quantitative estimate of drug-likeness (QED) is 0.848. The Labute approximate surface area is 95.0 Å². The highest BCUT2D eigenvalue weighted by molar-refractivity contribution is 7.91. The molecule has 16 heavy (non-hydrogen) atoms. The van der Waals surface area contributed by atoms with Gasteiger partial charge in [0, 0.05) is 0 Å². The van der Waals surface area contributed by atoms with Gasteiger partial charge in [-0.1, -0.05) is 6.42 Å². The van der Waals surface area contributed by atoms with Gasteiger partial charge in [0.25, 0.3) is 0 Å². The van der Waals surface area contributed by atoms with E-state index in [1.165, 1.54) is 6.20 Å². The van der Waals surface area contributed by atoms with Crippen molar-refractivity contribution in [2.75, 3.05) is 5.75 Å². The summed E-state index contributed by atoms with van der Waals surface area (Å²) >= 11 is 0. The molecule has 0 radical (unpaired) electrons. The van der Waals surface area contributed by atoms with Gasteiger partial charge in [0.2, 0.25) is 5.89 Å². The van der Waals surface area contributed by atoms with Gasteiger partial charge in [-0.2, -0.15) is 0 Å². The average molecular weight is 244 g/mol. The Balaban J connectivity index is 2.29. The standard InChI is InChI=1S/C10H16N2O3S/c1-7(11)8-6-12-10(15-8)9-4-2-3-5-16(9,13)14/h6-7,9H,2-5,11H2,1H3. The summed E-state index contributed by atoms with van der Waals surface area (Å²) in [5, 5.41) is -0.575. The van der Waals surface area contributed by atoms with Crippen LogP contribution in [0, 0.1) is 0 Å². The van der Waals surface area contributed by atoms with Crippen LogP contribution in [0.3, 0.4) is 0 Å². The van der Waals surface area contributed by atoms with Crippen LogP contribution in [0.5, 0.6) is 0 Å². The molecular weight excluding hydrogens is 228 g/mol. The Morgan fingerprint density at radius 2 is 2.31 bits per heavy atom. The molecule has 0 amide bonds. The van der Waals surface area contributed by atoms with E-state index in [1.54, 1.807) is 6.92 Å². The predicted molar refractivity (Wildman–Crippen MR) is 59.5 cm³/mol. The second-order valence-corrected chi connectivity index (χ2v) is 6.54. The number of rotatable bonds is 2. The van der Waals surface area contributed by atoms with Gasteiger partial charge in [0.15, 0.2) is 9.84 Å². The fourth-order valence-corrected chi connectivity index (χ4v) is 3.72. The molecule has 2 atom stereocenters. The summed E-state index contributed by atoms with van der Waals surface area (Å²) in [4.78, 5) is 4.03. The van der Waals surface area contributed by atoms with E-state index in [9.17, 15) is 8.42 Å². The smallest absolute Gasteiger partial charge is 0.212 e. The normalized spacial score (nSPS) is 26.5. The summed E-state index contributed by atoms with van der Waals surface area (Å²) in [6, 6.07) is -0.257. The van der Waals surface area contributed by atoms with E-state index in [2.05, 4.69) is 4.98 Å². The first-order valence-electron chi connectivity index (χ1n) is 5.43. The van der Waals surface area contributed by atoms with Crippen molar-refractivity contribution in [1.82, 2.24) is 4.98 Å². The van der Waals surface area contributed by atoms with Crippen molar-refractivity contribution in [1.29, 1.82) is 0 Å². The molecule has 90 valence electrons. The van der Waals surface area contributed by atoms with E-state index < -0.39 is 15.1 Å². The zero-order valence-corrected chi connectivity index (χ0v) is 10.0. The average Bonchev–Trinajstić information content (AvgIpc) is 2.65. The fraction of sp³-hybridized carbons (Fsp3) is 0.700. The summed E-state index contributed by atoms with van der Waals surface area (Å²) < 4.78 is 29.1. The third-order valence-electron chi connectivity index (χ3n) is 2.84. The van der Waals surface area contributed by atoms with Crippen LogP contribution < -0.4 is 5.73 Å². The highest BCUT2D eigenvalue weighted by Gasteiger charge is 2.34. The van der Waals surface area contributed by atoms with Gasteiger partial charge in [-0.15, -0.1) is 0 Å². The van der Waals surface area contributed by atoms with Crippen molar-refractivity contribution in [2.45, 2.75) is 37.5 Å². The molecule has 0 aromatic carbocycles. The lowest BCUT2D eigenvalue weighted by Crippen LogP contribution is -2.21. The zero-order chi connectivity index (χ0) is 11.8. The summed E-state index contributed by atoms with van der Waals surface area (Å²) in [6.45, 7) is 1.78. The van der Waals surface area contributed by atoms with Crippen molar-refractivity contribution in [3.8, 4) is 0 Å². The predicted octanol–water partition coefficient (Wildman–Crippen LogP) is 1.33. The van der Waals surface area contributed by atoms with Gasteiger partial charge < -0.3 is 10.2 Å². The van der Waals surface area contributed by atoms with Crippen LogP contribution in [0.15, 0.2) is 10.6 Å². The molecule has 5 nitrogen and oxygen atoms in total. The molecule has 0 spiro atoms. The monoisotopic (exact) mass is 244 g/mol. The van der Waals surface area contributed by atoms with Crippen LogP contribution >= 0.6 is 0 Å². The number of hydrogen-bond donors (Lipinski definition) is 1. The Morgan fingerprint density at radius 3 is 2.88 bits per heavy atom. The largest absolute Gasteiger partial charge is 0.443 e. The topological polar surface area (TPSA) is 86.2 Å². The maximum atomic E-state index is 11.8. The van der Waals surface area contributed by atoms with E-state index in [0.29, 0.717) is 18.1 Å². The minimum absolute atomic E-state index is 0.230. The Hall–Kier alpha value is -0.880. The highest BCUT2D eigenvalue weighted by atomic mass is 32.2. The molecule has 1 fully saturated rings. The zero-order valence-electron chi connectivity index (χ0n) is 9.22. The lowest BCUT2D eigenvalue weighted by atomic mass is 10.2. The third kappa shape index (κ3) is 2.12. The number of oxazole rings is 1. The highest BCUT2D eigenvalue weighted by Crippen LogP contribution is 2.33. The summed E-state index contributed by atoms with van der Waals surface area (Å²) in [5.74, 6) is 1.07. The maximum absolute atomic E-state index is 11.8. The van der Waals surface area contributed by atoms with Crippen molar-refractivity contribution < 1.29 is 12.8 Å². The molecule has 2 heterocycles. The number of sulfone groups is 1. The first kappa shape index (κ1) is 11.6. The van der Waals surface area contributed by atoms with Crippen molar-refractivity contribution in [3.63, 3.8) is 0 Å². The lowest BCUT2D eigenvalue weighted by molar-refractivity contribution is 0.411. The van der Waals surface area contributed by atoms with Crippen LogP contribution in [0.2, 0.25) is 0 Å². The summed E-state index contributed by atoms with van der Waals surface area (Å²) in [5.41, 5.74) is 5.64. The molecule has 2 rings (SSSR count). The second kappa shape index (κ2) is 4.18. The second-order valence-electron chi connectivity index (χ2n) is 4.24. The van der Waals surface area contributed by atoms with Gasteiger partial charge in [-0.25, -0.2) is 13.4 Å². The number of nitrogens with zero attached hydrogens (tertiary/aromatic N) is 1. The lowest BCUT2D eigenvalue weighted by Gasteiger charge is -2.19. The van der Waals surface area contributed by atoms with Crippen molar-refractivity contribution >= 4 is 9.84 Å². The molecule has 0 aliphatic carbocycles. The van der Waals surface area contributed by atoms with E-state index in [1.807, 2.05) is 0 Å². The molecule has 1 saturated heterocycles. The molecule has 1 aromatic rings. The molecule has 6 heteroatoms. The maximum Gasteiger partial charge on any atom is 0.212 e. The van der Waals surface area contributed by atoms with Crippen LogP contribution in [0.25, 0.3) is 0 Å². The number of aromatic nitrogens is 1. The first-order chi connectivity index (χ1) is 7.50. The molecule has 0 bridgehead atoms. The number of nitrogens with two attached hydrogens (primary N) is 1. The Bertz CT molecular complexity index is 464. The van der Waals surface area contributed by atoms with Gasteiger partial charge in [-0.3, -0.25) is 0 Å². The SMILES string of the molecule is CC(N)c1cnc(C2CCCCS2(=O)=O)o1. The van der Waals surface area contributed by atoms with Crippen LogP contribution in [-0.4, -0.2) is 19.2 Å². The number of hydrogen-bond acceptors (Lipinski definition) is 5. The Morgan fingerprint density at radius 1 is 1.56 bits per heavy atom. The van der Waals surface area contributed by atoms with E-state index in [-0.39, 0.29) is 11.8 Å². The van der Waals surface area contributed by atoms with Crippen LogP contribution in [0.1, 0.15) is 49.1 Å². The molecule has 2 N–H and O–H groups in total. The summed E-state index contributed by atoms with van der Waals surface area (Å²) in [7, 11) is -3.09.